The van der Waals surface area contributed by atoms with Crippen LogP contribution < -0.4 is 0 Å². The minimum absolute atomic E-state index is 1.08. The minimum atomic E-state index is 1.08. The van der Waals surface area contributed by atoms with Crippen LogP contribution in [0, 0.1) is 0 Å². The van der Waals surface area contributed by atoms with E-state index in [9.17, 15) is 0 Å². The first-order valence-electron chi connectivity index (χ1n) is 11.4. The Labute approximate surface area is 194 Å². The van der Waals surface area contributed by atoms with Crippen molar-refractivity contribution in [2.24, 2.45) is 0 Å². The third-order valence-electron chi connectivity index (χ3n) is 6.97. The van der Waals surface area contributed by atoms with E-state index in [1.165, 1.54) is 73.0 Å². The van der Waals surface area contributed by atoms with Gasteiger partial charge < -0.3 is 0 Å². The number of fused-ring (bicyclic) bond motifs is 10. The molecule has 0 nitrogen and oxygen atoms in total. The second-order valence-corrected chi connectivity index (χ2v) is 10.9. The van der Waals surface area contributed by atoms with Gasteiger partial charge in [0.2, 0.25) is 0 Å². The highest BCUT2D eigenvalue weighted by Crippen LogP contribution is 2.43. The van der Waals surface area contributed by atoms with Crippen LogP contribution in [0.2, 0.25) is 0 Å². The lowest BCUT2D eigenvalue weighted by Gasteiger charge is -2.05. The Morgan fingerprint density at radius 2 is 0.938 bits per heavy atom. The molecule has 2 heterocycles. The van der Waals surface area contributed by atoms with Crippen molar-refractivity contribution in [2.45, 2.75) is 26.7 Å². The summed E-state index contributed by atoms with van der Waals surface area (Å²) in [6.07, 6.45) is 2.16. The maximum atomic E-state index is 2.42. The average molecular weight is 447 g/mol. The van der Waals surface area contributed by atoms with Crippen molar-refractivity contribution in [3.05, 3.63) is 83.9 Å². The van der Waals surface area contributed by atoms with Crippen LogP contribution in [0.3, 0.4) is 0 Å². The average Bonchev–Trinajstić information content (AvgIpc) is 3.40. The number of hydrogen-bond acceptors (Lipinski definition) is 2. The van der Waals surface area contributed by atoms with Crippen molar-refractivity contribution in [1.82, 2.24) is 0 Å². The molecule has 0 radical (unpaired) electrons. The second kappa shape index (κ2) is 6.78. The van der Waals surface area contributed by atoms with Crippen molar-refractivity contribution in [3.8, 4) is 0 Å². The van der Waals surface area contributed by atoms with E-state index in [4.69, 9.17) is 0 Å². The lowest BCUT2D eigenvalue weighted by atomic mass is 9.99. The number of thiophene rings is 2. The van der Waals surface area contributed by atoms with Gasteiger partial charge in [0.15, 0.2) is 0 Å². The molecule has 0 saturated heterocycles. The normalized spacial score (nSPS) is 12.3. The summed E-state index contributed by atoms with van der Waals surface area (Å²) in [7, 11) is 0. The molecule has 5 aromatic carbocycles. The monoisotopic (exact) mass is 446 g/mol. The molecule has 0 N–H and O–H groups in total. The van der Waals surface area contributed by atoms with Gasteiger partial charge in [-0.2, -0.15) is 0 Å². The van der Waals surface area contributed by atoms with E-state index < -0.39 is 0 Å². The van der Waals surface area contributed by atoms with Crippen molar-refractivity contribution < 1.29 is 0 Å². The zero-order chi connectivity index (χ0) is 21.4. The Balaban J connectivity index is 1.56. The number of hydrogen-bond donors (Lipinski definition) is 0. The molecule has 0 fully saturated rings. The molecule has 32 heavy (non-hydrogen) atoms. The van der Waals surface area contributed by atoms with E-state index in [0.29, 0.717) is 0 Å². The Hall–Kier alpha value is -2.94. The molecule has 2 heteroatoms. The predicted octanol–water partition coefficient (Wildman–Crippen LogP) is 9.85. The van der Waals surface area contributed by atoms with Crippen molar-refractivity contribution in [1.29, 1.82) is 0 Å². The molecule has 7 aromatic rings. The fourth-order valence-corrected chi connectivity index (χ4v) is 7.57. The Kier molecular flexibility index (Phi) is 3.94. The maximum Gasteiger partial charge on any atom is 0.0434 e. The zero-order valence-electron chi connectivity index (χ0n) is 18.2. The fraction of sp³-hybridized carbons (Fsp3) is 0.133. The van der Waals surface area contributed by atoms with E-state index in [-0.39, 0.29) is 0 Å². The molecule has 154 valence electrons. The molecule has 0 saturated carbocycles. The quantitative estimate of drug-likeness (QED) is 0.232. The molecule has 0 atom stereocenters. The minimum Gasteiger partial charge on any atom is -0.135 e. The second-order valence-electron chi connectivity index (χ2n) is 8.75. The van der Waals surface area contributed by atoms with Crippen molar-refractivity contribution >= 4 is 84.6 Å². The summed E-state index contributed by atoms with van der Waals surface area (Å²) in [6, 6.07) is 28.1. The van der Waals surface area contributed by atoms with Crippen LogP contribution >= 0.6 is 22.7 Å². The molecule has 0 aliphatic carbocycles. The number of rotatable bonds is 2. The Morgan fingerprint density at radius 3 is 1.38 bits per heavy atom. The van der Waals surface area contributed by atoms with Gasteiger partial charge in [0.05, 0.1) is 0 Å². The number of benzene rings is 5. The van der Waals surface area contributed by atoms with Gasteiger partial charge in [-0.05, 0) is 71.1 Å². The highest BCUT2D eigenvalue weighted by molar-refractivity contribution is 7.27. The molecule has 0 unspecified atom stereocenters. The molecule has 0 amide bonds. The summed E-state index contributed by atoms with van der Waals surface area (Å²) in [6.45, 7) is 4.46. The van der Waals surface area contributed by atoms with E-state index in [0.717, 1.165) is 12.8 Å². The smallest absolute Gasteiger partial charge is 0.0434 e. The molecule has 0 spiro atoms. The topological polar surface area (TPSA) is 0 Å². The highest BCUT2D eigenvalue weighted by atomic mass is 32.1. The molecule has 0 aliphatic rings. The molecular weight excluding hydrogens is 424 g/mol. The van der Waals surface area contributed by atoms with Crippen molar-refractivity contribution in [2.75, 3.05) is 0 Å². The number of aryl methyl sites for hydroxylation is 2. The van der Waals surface area contributed by atoms with E-state index >= 15 is 0 Å². The SMILES string of the molecule is CCc1ccc2sc3c4cc5ccc6c7cc(CC)ccc7sc6c5cc4ccc3c2c1. The Bertz CT molecular complexity index is 1710. The standard InChI is InChI=1S/C30H22S2/c1-3-17-5-11-27-25(13-17)21-9-7-19-16-24-20(15-23(19)29(21)31-27)8-10-22-26-14-18(4-2)6-12-28(26)32-30(22)24/h5-16H,3-4H2,1-2H3. The van der Waals surface area contributed by atoms with Gasteiger partial charge >= 0.3 is 0 Å². The van der Waals surface area contributed by atoms with Crippen LogP contribution in [-0.4, -0.2) is 0 Å². The van der Waals surface area contributed by atoms with E-state index in [2.05, 4.69) is 86.6 Å². The lowest BCUT2D eigenvalue weighted by Crippen LogP contribution is -1.79. The largest absolute Gasteiger partial charge is 0.135 e. The van der Waals surface area contributed by atoms with E-state index in [1.807, 2.05) is 22.7 Å². The summed E-state index contributed by atoms with van der Waals surface area (Å²) in [4.78, 5) is 0. The van der Waals surface area contributed by atoms with Gasteiger partial charge in [-0.1, -0.05) is 50.2 Å². The van der Waals surface area contributed by atoms with Crippen LogP contribution in [0.15, 0.2) is 72.8 Å². The fourth-order valence-electron chi connectivity index (χ4n) is 5.15. The first-order chi connectivity index (χ1) is 15.7. The van der Waals surface area contributed by atoms with Crippen LogP contribution in [0.1, 0.15) is 25.0 Å². The van der Waals surface area contributed by atoms with Crippen LogP contribution in [0.5, 0.6) is 0 Å². The van der Waals surface area contributed by atoms with Crippen molar-refractivity contribution in [3.63, 3.8) is 0 Å². The predicted molar refractivity (Wildman–Crippen MR) is 146 cm³/mol. The zero-order valence-corrected chi connectivity index (χ0v) is 19.8. The summed E-state index contributed by atoms with van der Waals surface area (Å²) in [5, 5.41) is 11.0. The van der Waals surface area contributed by atoms with Gasteiger partial charge in [0.25, 0.3) is 0 Å². The van der Waals surface area contributed by atoms with Gasteiger partial charge in [0, 0.05) is 51.1 Å². The molecular formula is C30H22S2. The van der Waals surface area contributed by atoms with Gasteiger partial charge in [0.1, 0.15) is 0 Å². The van der Waals surface area contributed by atoms with E-state index in [1.54, 1.807) is 0 Å². The Morgan fingerprint density at radius 1 is 0.469 bits per heavy atom. The first kappa shape index (κ1) is 18.6. The van der Waals surface area contributed by atoms with Gasteiger partial charge in [-0.25, -0.2) is 0 Å². The summed E-state index contributed by atoms with van der Waals surface area (Å²) < 4.78 is 5.60. The third-order valence-corrected chi connectivity index (χ3v) is 9.41. The summed E-state index contributed by atoms with van der Waals surface area (Å²) in [5.41, 5.74) is 2.82. The highest BCUT2D eigenvalue weighted by Gasteiger charge is 2.13. The van der Waals surface area contributed by atoms with Crippen LogP contribution in [-0.2, 0) is 12.8 Å². The van der Waals surface area contributed by atoms with Crippen LogP contribution in [0.4, 0.5) is 0 Å². The summed E-state index contributed by atoms with van der Waals surface area (Å²) >= 11 is 3.87. The van der Waals surface area contributed by atoms with Gasteiger partial charge in [-0.3, -0.25) is 0 Å². The maximum absolute atomic E-state index is 2.42. The van der Waals surface area contributed by atoms with Gasteiger partial charge in [-0.15, -0.1) is 22.7 Å². The first-order valence-corrected chi connectivity index (χ1v) is 13.0. The lowest BCUT2D eigenvalue weighted by molar-refractivity contribution is 1.15. The molecule has 0 bridgehead atoms. The van der Waals surface area contributed by atoms with Crippen LogP contribution in [0.25, 0.3) is 61.9 Å². The molecule has 7 rings (SSSR count). The third kappa shape index (κ3) is 2.54. The summed E-state index contributed by atoms with van der Waals surface area (Å²) in [5.74, 6) is 0. The molecule has 0 aliphatic heterocycles. The molecule has 2 aromatic heterocycles.